The van der Waals surface area contributed by atoms with Crippen LogP contribution in [-0.2, 0) is 14.3 Å². The highest BCUT2D eigenvalue weighted by atomic mass is 16.5. The zero-order chi connectivity index (χ0) is 17.5. The van der Waals surface area contributed by atoms with Gasteiger partial charge in [-0.25, -0.2) is 0 Å². The van der Waals surface area contributed by atoms with Gasteiger partial charge < -0.3 is 10.1 Å². The van der Waals surface area contributed by atoms with Crippen molar-refractivity contribution in [3.05, 3.63) is 30.3 Å². The highest BCUT2D eigenvalue weighted by Gasteiger charge is 2.34. The summed E-state index contributed by atoms with van der Waals surface area (Å²) in [5, 5.41) is 2.97. The summed E-state index contributed by atoms with van der Waals surface area (Å²) in [5.74, 6) is 0.105. The zero-order valence-corrected chi connectivity index (χ0v) is 14.8. The second-order valence-electron chi connectivity index (χ2n) is 6.61. The van der Waals surface area contributed by atoms with Crippen LogP contribution in [0.4, 0.5) is 5.69 Å². The predicted octanol–water partition coefficient (Wildman–Crippen LogP) is 2.92. The summed E-state index contributed by atoms with van der Waals surface area (Å²) in [6.45, 7) is 7.79. The number of hydrogen-bond donors (Lipinski definition) is 1. The molecule has 1 aromatic carbocycles. The molecule has 1 atom stereocenters. The molecule has 5 heteroatoms. The van der Waals surface area contributed by atoms with Gasteiger partial charge in [0.15, 0.2) is 0 Å². The Hall–Kier alpha value is -1.88. The molecule has 24 heavy (non-hydrogen) atoms. The molecule has 1 aromatic rings. The summed E-state index contributed by atoms with van der Waals surface area (Å²) in [7, 11) is 0. The molecular formula is C19H28N2O3. The first-order valence-electron chi connectivity index (χ1n) is 8.79. The van der Waals surface area contributed by atoms with E-state index in [0.717, 1.165) is 31.6 Å². The highest BCUT2D eigenvalue weighted by molar-refractivity contribution is 5.92. The minimum Gasteiger partial charge on any atom is -0.465 e. The van der Waals surface area contributed by atoms with E-state index in [4.69, 9.17) is 4.74 Å². The number of anilines is 1. The number of likely N-dealkylation sites (tertiary alicyclic amines) is 1. The summed E-state index contributed by atoms with van der Waals surface area (Å²) in [5.41, 5.74) is 0.830. The van der Waals surface area contributed by atoms with E-state index in [1.165, 1.54) is 0 Å². The molecule has 1 N–H and O–H groups in total. The Labute approximate surface area is 144 Å². The number of para-hydroxylation sites is 1. The van der Waals surface area contributed by atoms with Crippen molar-refractivity contribution < 1.29 is 14.3 Å². The van der Waals surface area contributed by atoms with E-state index in [0.29, 0.717) is 6.61 Å². The number of amides is 1. The van der Waals surface area contributed by atoms with Crippen LogP contribution >= 0.6 is 0 Å². The maximum Gasteiger partial charge on any atom is 0.323 e. The second-order valence-corrected chi connectivity index (χ2v) is 6.61. The maximum absolute atomic E-state index is 12.4. The van der Waals surface area contributed by atoms with Crippen molar-refractivity contribution in [1.82, 2.24) is 4.90 Å². The average Bonchev–Trinajstić information content (AvgIpc) is 2.56. The molecule has 132 valence electrons. The number of benzene rings is 1. The molecule has 0 bridgehead atoms. The molecule has 1 aliphatic rings. The number of carbonyl (C=O) groups is 2. The van der Waals surface area contributed by atoms with Gasteiger partial charge in [0, 0.05) is 11.6 Å². The van der Waals surface area contributed by atoms with Gasteiger partial charge in [-0.2, -0.15) is 0 Å². The lowest BCUT2D eigenvalue weighted by Crippen LogP contribution is -2.50. The topological polar surface area (TPSA) is 58.6 Å². The van der Waals surface area contributed by atoms with Gasteiger partial charge in [0.05, 0.1) is 6.61 Å². The third-order valence-electron chi connectivity index (χ3n) is 4.49. The number of ether oxygens (including phenoxy) is 1. The Morgan fingerprint density at radius 3 is 2.38 bits per heavy atom. The Balaban J connectivity index is 1.89. The van der Waals surface area contributed by atoms with E-state index in [1.807, 2.05) is 51.1 Å². The van der Waals surface area contributed by atoms with Gasteiger partial charge >= 0.3 is 5.97 Å². The van der Waals surface area contributed by atoms with E-state index < -0.39 is 0 Å². The van der Waals surface area contributed by atoms with Crippen molar-refractivity contribution in [2.45, 2.75) is 39.7 Å². The van der Waals surface area contributed by atoms with Crippen molar-refractivity contribution in [2.75, 3.05) is 25.0 Å². The fraction of sp³-hybridized carbons (Fsp3) is 0.579. The SMILES string of the molecule is CCOC(=O)[C@@H](C(C)C)N1CCC(C(=O)Nc2ccccc2)CC1. The minimum absolute atomic E-state index is 0.00327. The number of piperidine rings is 1. The maximum atomic E-state index is 12.4. The van der Waals surface area contributed by atoms with Gasteiger partial charge in [-0.3, -0.25) is 14.5 Å². The lowest BCUT2D eigenvalue weighted by Gasteiger charge is -2.37. The standard InChI is InChI=1S/C19H28N2O3/c1-4-24-19(23)17(14(2)3)21-12-10-15(11-13-21)18(22)20-16-8-6-5-7-9-16/h5-9,14-15,17H,4,10-13H2,1-3H3,(H,20,22)/t17-/m1/s1. The van der Waals surface area contributed by atoms with Gasteiger partial charge in [-0.15, -0.1) is 0 Å². The van der Waals surface area contributed by atoms with Gasteiger partial charge in [-0.1, -0.05) is 32.0 Å². The van der Waals surface area contributed by atoms with Crippen LogP contribution in [0.15, 0.2) is 30.3 Å². The quantitative estimate of drug-likeness (QED) is 0.814. The number of carbonyl (C=O) groups excluding carboxylic acids is 2. The first kappa shape index (κ1) is 18.5. The summed E-state index contributed by atoms with van der Waals surface area (Å²) in [6, 6.07) is 9.30. The van der Waals surface area contributed by atoms with Crippen molar-refractivity contribution in [1.29, 1.82) is 0 Å². The van der Waals surface area contributed by atoms with Crippen molar-refractivity contribution >= 4 is 17.6 Å². The fourth-order valence-electron chi connectivity index (χ4n) is 3.28. The lowest BCUT2D eigenvalue weighted by atomic mass is 9.92. The first-order chi connectivity index (χ1) is 11.5. The second kappa shape index (κ2) is 8.83. The van der Waals surface area contributed by atoms with E-state index >= 15 is 0 Å². The molecule has 0 saturated carbocycles. The largest absolute Gasteiger partial charge is 0.465 e. The molecule has 0 radical (unpaired) electrons. The summed E-state index contributed by atoms with van der Waals surface area (Å²) >= 11 is 0. The monoisotopic (exact) mass is 332 g/mol. The number of rotatable bonds is 6. The van der Waals surface area contributed by atoms with Crippen LogP contribution in [0, 0.1) is 11.8 Å². The van der Waals surface area contributed by atoms with Gasteiger partial charge in [0.25, 0.3) is 0 Å². The molecular weight excluding hydrogens is 304 g/mol. The van der Waals surface area contributed by atoms with Crippen LogP contribution in [0.5, 0.6) is 0 Å². The molecule has 1 fully saturated rings. The van der Waals surface area contributed by atoms with Crippen molar-refractivity contribution in [3.63, 3.8) is 0 Å². The third-order valence-corrected chi connectivity index (χ3v) is 4.49. The molecule has 0 unspecified atom stereocenters. The molecule has 0 aliphatic carbocycles. The smallest absolute Gasteiger partial charge is 0.323 e. The third kappa shape index (κ3) is 4.81. The van der Waals surface area contributed by atoms with Crippen LogP contribution < -0.4 is 5.32 Å². The van der Waals surface area contributed by atoms with Crippen molar-refractivity contribution in [3.8, 4) is 0 Å². The molecule has 1 heterocycles. The van der Waals surface area contributed by atoms with Crippen LogP contribution in [-0.4, -0.2) is 42.5 Å². The Bertz CT molecular complexity index is 537. The molecule has 0 spiro atoms. The molecule has 1 amide bonds. The first-order valence-corrected chi connectivity index (χ1v) is 8.79. The van der Waals surface area contributed by atoms with Crippen molar-refractivity contribution in [2.24, 2.45) is 11.8 Å². The number of esters is 1. The van der Waals surface area contributed by atoms with Crippen LogP contribution in [0.25, 0.3) is 0 Å². The van der Waals surface area contributed by atoms with E-state index in [-0.39, 0.29) is 29.8 Å². The van der Waals surface area contributed by atoms with Gasteiger partial charge in [0.1, 0.15) is 6.04 Å². The molecule has 1 aliphatic heterocycles. The van der Waals surface area contributed by atoms with E-state index in [9.17, 15) is 9.59 Å². The van der Waals surface area contributed by atoms with Crippen LogP contribution in [0.2, 0.25) is 0 Å². The summed E-state index contributed by atoms with van der Waals surface area (Å²) in [6.07, 6.45) is 1.53. The predicted molar refractivity (Wildman–Crippen MR) is 94.6 cm³/mol. The normalized spacial score (nSPS) is 17.5. The van der Waals surface area contributed by atoms with E-state index in [1.54, 1.807) is 0 Å². The number of nitrogens with one attached hydrogen (secondary N) is 1. The Morgan fingerprint density at radius 1 is 1.21 bits per heavy atom. The molecule has 5 nitrogen and oxygen atoms in total. The molecule has 0 aromatic heterocycles. The Kier molecular flexibility index (Phi) is 6.79. The van der Waals surface area contributed by atoms with E-state index in [2.05, 4.69) is 10.2 Å². The van der Waals surface area contributed by atoms with Gasteiger partial charge in [0.2, 0.25) is 5.91 Å². The van der Waals surface area contributed by atoms with Crippen LogP contribution in [0.3, 0.4) is 0 Å². The lowest BCUT2D eigenvalue weighted by molar-refractivity contribution is -0.152. The summed E-state index contributed by atoms with van der Waals surface area (Å²) < 4.78 is 5.21. The fourth-order valence-corrected chi connectivity index (χ4v) is 3.28. The average molecular weight is 332 g/mol. The van der Waals surface area contributed by atoms with Crippen LogP contribution in [0.1, 0.15) is 33.6 Å². The number of hydrogen-bond acceptors (Lipinski definition) is 4. The summed E-state index contributed by atoms with van der Waals surface area (Å²) in [4.78, 5) is 26.8. The highest BCUT2D eigenvalue weighted by Crippen LogP contribution is 2.24. The zero-order valence-electron chi connectivity index (χ0n) is 14.8. The molecule has 1 saturated heterocycles. The number of nitrogens with zero attached hydrogens (tertiary/aromatic N) is 1. The molecule has 2 rings (SSSR count). The Morgan fingerprint density at radius 2 is 1.83 bits per heavy atom. The minimum atomic E-state index is -0.219. The van der Waals surface area contributed by atoms with Gasteiger partial charge in [-0.05, 0) is 50.9 Å².